The minimum atomic E-state index is -0.515. The predicted molar refractivity (Wildman–Crippen MR) is 140 cm³/mol. The zero-order valence-electron chi connectivity index (χ0n) is 21.2. The van der Waals surface area contributed by atoms with Gasteiger partial charge in [0.15, 0.2) is 5.00 Å². The van der Waals surface area contributed by atoms with Crippen LogP contribution in [-0.4, -0.2) is 48.5 Å². The molecular weight excluding hydrogens is 496 g/mol. The molecule has 12 heteroatoms. The molecule has 0 saturated heterocycles. The minimum absolute atomic E-state index is 0.0543. The zero-order valence-corrected chi connectivity index (χ0v) is 22.0. The van der Waals surface area contributed by atoms with Crippen molar-refractivity contribution in [2.24, 2.45) is 10.2 Å². The summed E-state index contributed by atoms with van der Waals surface area (Å²) in [6.07, 6.45) is 0. The molecule has 11 nitrogen and oxygen atoms in total. The number of anilines is 2. The average molecular weight is 525 g/mol. The summed E-state index contributed by atoms with van der Waals surface area (Å²) in [5.41, 5.74) is 2.83. The van der Waals surface area contributed by atoms with Gasteiger partial charge in [0, 0.05) is 23.8 Å². The normalized spacial score (nSPS) is 10.5. The van der Waals surface area contributed by atoms with Gasteiger partial charge in [-0.25, -0.2) is 9.59 Å². The smallest absolute Gasteiger partial charge is 0.333 e. The first-order valence-electron chi connectivity index (χ1n) is 11.1. The number of aryl methyl sites for hydroxylation is 1. The Morgan fingerprint density at radius 3 is 2.19 bits per heavy atom. The second-order valence-electron chi connectivity index (χ2n) is 7.96. The molecule has 1 N–H and O–H groups in total. The van der Waals surface area contributed by atoms with E-state index in [1.165, 1.54) is 6.92 Å². The molecule has 0 radical (unpaired) electrons. The van der Waals surface area contributed by atoms with Gasteiger partial charge in [-0.1, -0.05) is 13.2 Å². The van der Waals surface area contributed by atoms with Gasteiger partial charge in [-0.05, 0) is 50.5 Å². The topological polar surface area (TPSA) is 146 Å². The number of esters is 2. The molecule has 0 aliphatic carbocycles. The maximum Gasteiger partial charge on any atom is 0.333 e. The predicted octanol–water partition coefficient (Wildman–Crippen LogP) is 4.74. The van der Waals surface area contributed by atoms with E-state index in [2.05, 4.69) is 39.1 Å². The van der Waals surface area contributed by atoms with Crippen LogP contribution in [0.2, 0.25) is 0 Å². The second-order valence-corrected chi connectivity index (χ2v) is 8.71. The number of ether oxygens (including phenoxy) is 2. The molecule has 0 aliphatic rings. The Hall–Kier alpha value is -4.37. The molecule has 0 aliphatic heterocycles. The van der Waals surface area contributed by atoms with Crippen LogP contribution in [0.1, 0.15) is 32.0 Å². The number of amides is 1. The largest absolute Gasteiger partial charge is 0.460 e. The number of nitrogens with zero attached hydrogens (tertiary/aromatic N) is 5. The molecule has 0 unspecified atom stereocenters. The first kappa shape index (κ1) is 28.9. The molecule has 194 valence electrons. The van der Waals surface area contributed by atoms with Gasteiger partial charge in [-0.3, -0.25) is 4.79 Å². The van der Waals surface area contributed by atoms with E-state index < -0.39 is 11.9 Å². The lowest BCUT2D eigenvalue weighted by molar-refractivity contribution is -0.139. The number of hydrogen-bond acceptors (Lipinski definition) is 11. The zero-order chi connectivity index (χ0) is 27.5. The van der Waals surface area contributed by atoms with E-state index in [0.717, 1.165) is 11.5 Å². The summed E-state index contributed by atoms with van der Waals surface area (Å²) in [6, 6.07) is 7.13. The van der Waals surface area contributed by atoms with Crippen molar-refractivity contribution < 1.29 is 23.9 Å². The van der Waals surface area contributed by atoms with Crippen LogP contribution in [0.5, 0.6) is 0 Å². The van der Waals surface area contributed by atoms with Crippen LogP contribution in [0, 0.1) is 18.3 Å². The third kappa shape index (κ3) is 8.66. The summed E-state index contributed by atoms with van der Waals surface area (Å²) in [6.45, 7) is 14.0. The molecular formula is C25H28N6O5S. The van der Waals surface area contributed by atoms with Crippen molar-refractivity contribution in [2.45, 2.75) is 27.7 Å². The van der Waals surface area contributed by atoms with Gasteiger partial charge in [0.1, 0.15) is 30.5 Å². The summed E-state index contributed by atoms with van der Waals surface area (Å²) >= 11 is 1.05. The molecule has 0 fully saturated rings. The minimum Gasteiger partial charge on any atom is -0.460 e. The maximum absolute atomic E-state index is 11.9. The number of carbonyl (C=O) groups is 3. The van der Waals surface area contributed by atoms with Crippen molar-refractivity contribution in [1.82, 2.24) is 4.37 Å². The summed E-state index contributed by atoms with van der Waals surface area (Å²) in [7, 11) is 0. The number of benzene rings is 1. The average Bonchev–Trinajstić information content (AvgIpc) is 3.20. The summed E-state index contributed by atoms with van der Waals surface area (Å²) < 4.78 is 14.5. The first-order chi connectivity index (χ1) is 17.5. The fourth-order valence-electron chi connectivity index (χ4n) is 2.87. The van der Waals surface area contributed by atoms with Gasteiger partial charge < -0.3 is 19.7 Å². The highest BCUT2D eigenvalue weighted by Gasteiger charge is 2.15. The Balaban J connectivity index is 2.33. The van der Waals surface area contributed by atoms with Crippen molar-refractivity contribution in [2.75, 3.05) is 36.5 Å². The molecule has 1 amide bonds. The van der Waals surface area contributed by atoms with Crippen LogP contribution in [0.15, 0.2) is 52.7 Å². The quantitative estimate of drug-likeness (QED) is 0.238. The van der Waals surface area contributed by atoms with Crippen molar-refractivity contribution in [3.8, 4) is 6.07 Å². The SMILES string of the molecule is C=C(C)C(=O)OCCN(CCOC(=O)C(=C)C)c1ccc(/N=N/c2snc(C)c2C#N)c(NC(C)=O)c1. The highest BCUT2D eigenvalue weighted by Crippen LogP contribution is 2.34. The van der Waals surface area contributed by atoms with Crippen LogP contribution in [0.4, 0.5) is 22.1 Å². The fourth-order valence-corrected chi connectivity index (χ4v) is 3.54. The Morgan fingerprint density at radius 2 is 1.68 bits per heavy atom. The molecule has 0 bridgehead atoms. The van der Waals surface area contributed by atoms with Gasteiger partial charge in [-0.2, -0.15) is 9.64 Å². The molecule has 0 atom stereocenters. The van der Waals surface area contributed by atoms with Gasteiger partial charge in [0.05, 0.1) is 24.5 Å². The number of carbonyl (C=O) groups excluding carboxylic acids is 3. The van der Waals surface area contributed by atoms with E-state index in [0.29, 0.717) is 33.3 Å². The number of nitriles is 1. The lowest BCUT2D eigenvalue weighted by atomic mass is 10.2. The Morgan fingerprint density at radius 1 is 1.08 bits per heavy atom. The standard InChI is InChI=1S/C25H28N6O5S/c1-15(2)24(33)35-11-9-31(10-12-36-25(34)16(3)4)19-7-8-21(22(13-19)27-18(6)32)28-29-23-20(14-26)17(5)30-37-23/h7-8,13H,1,3,9-12H2,2,4-6H3,(H,27,32)/b29-28+. The number of aromatic nitrogens is 1. The van der Waals surface area contributed by atoms with E-state index >= 15 is 0 Å². The highest BCUT2D eigenvalue weighted by molar-refractivity contribution is 7.10. The summed E-state index contributed by atoms with van der Waals surface area (Å²) in [5, 5.41) is 20.8. The molecule has 1 aromatic heterocycles. The van der Waals surface area contributed by atoms with Gasteiger partial charge in [-0.15, -0.1) is 10.2 Å². The van der Waals surface area contributed by atoms with E-state index in [-0.39, 0.29) is 43.4 Å². The molecule has 1 aromatic carbocycles. The fraction of sp³-hybridized carbons (Fsp3) is 0.320. The van der Waals surface area contributed by atoms with Gasteiger partial charge >= 0.3 is 11.9 Å². The third-order valence-corrected chi connectivity index (χ3v) is 5.57. The van der Waals surface area contributed by atoms with Gasteiger partial charge in [0.25, 0.3) is 0 Å². The van der Waals surface area contributed by atoms with E-state index in [9.17, 15) is 19.6 Å². The summed E-state index contributed by atoms with van der Waals surface area (Å²) in [4.78, 5) is 37.3. The molecule has 2 aromatic rings. The Kier molecular flexibility index (Phi) is 10.6. The molecule has 37 heavy (non-hydrogen) atoms. The van der Waals surface area contributed by atoms with Crippen molar-refractivity contribution >= 4 is 51.4 Å². The van der Waals surface area contributed by atoms with E-state index in [4.69, 9.17) is 9.47 Å². The van der Waals surface area contributed by atoms with Crippen LogP contribution in [-0.2, 0) is 23.9 Å². The lowest BCUT2D eigenvalue weighted by Gasteiger charge is -2.25. The van der Waals surface area contributed by atoms with Crippen molar-refractivity contribution in [3.63, 3.8) is 0 Å². The number of azo groups is 1. The summed E-state index contributed by atoms with van der Waals surface area (Å²) in [5.74, 6) is -1.35. The lowest BCUT2D eigenvalue weighted by Crippen LogP contribution is -2.32. The Bertz CT molecular complexity index is 1240. The molecule has 0 saturated carbocycles. The highest BCUT2D eigenvalue weighted by atomic mass is 32.1. The van der Waals surface area contributed by atoms with Crippen LogP contribution >= 0.6 is 11.5 Å². The van der Waals surface area contributed by atoms with Crippen molar-refractivity contribution in [3.05, 3.63) is 53.8 Å². The molecule has 1 heterocycles. The second kappa shape index (κ2) is 13.6. The molecule has 2 rings (SSSR count). The van der Waals surface area contributed by atoms with Crippen LogP contribution in [0.25, 0.3) is 0 Å². The molecule has 0 spiro atoms. The third-order valence-electron chi connectivity index (χ3n) is 4.75. The van der Waals surface area contributed by atoms with Crippen LogP contribution in [0.3, 0.4) is 0 Å². The number of rotatable bonds is 12. The van der Waals surface area contributed by atoms with E-state index in [1.807, 2.05) is 4.90 Å². The Labute approximate surface area is 219 Å². The first-order valence-corrected chi connectivity index (χ1v) is 11.9. The maximum atomic E-state index is 11.9. The number of hydrogen-bond donors (Lipinski definition) is 1. The van der Waals surface area contributed by atoms with Gasteiger partial charge in [0.2, 0.25) is 5.91 Å². The monoisotopic (exact) mass is 524 g/mol. The van der Waals surface area contributed by atoms with Crippen molar-refractivity contribution in [1.29, 1.82) is 5.26 Å². The number of nitrogens with one attached hydrogen (secondary N) is 1. The van der Waals surface area contributed by atoms with E-state index in [1.54, 1.807) is 39.0 Å². The van der Waals surface area contributed by atoms with Crippen LogP contribution < -0.4 is 10.2 Å².